The van der Waals surface area contributed by atoms with Gasteiger partial charge in [-0.1, -0.05) is 45.3 Å². The van der Waals surface area contributed by atoms with Gasteiger partial charge in [0.2, 0.25) is 0 Å². The van der Waals surface area contributed by atoms with Gasteiger partial charge in [0.1, 0.15) is 0 Å². The second kappa shape index (κ2) is 6.59. The van der Waals surface area contributed by atoms with Crippen LogP contribution in [0.2, 0.25) is 0 Å². The van der Waals surface area contributed by atoms with E-state index in [-0.39, 0.29) is 5.78 Å². The van der Waals surface area contributed by atoms with Gasteiger partial charge in [-0.05, 0) is 44.5 Å². The molecule has 0 radical (unpaired) electrons. The Morgan fingerprint density at radius 2 is 1.75 bits per heavy atom. The number of aryl methyl sites for hydroxylation is 2. The molecule has 0 aliphatic carbocycles. The van der Waals surface area contributed by atoms with Crippen LogP contribution in [-0.4, -0.2) is 5.78 Å². The molecule has 0 aliphatic heterocycles. The Labute approximate surface area is 132 Å². The number of hydrogen-bond donors (Lipinski definition) is 0. The number of rotatable bonds is 4. The molecule has 1 nitrogen and oxygen atoms in total. The predicted molar refractivity (Wildman–Crippen MR) is 89.6 cm³/mol. The van der Waals surface area contributed by atoms with Crippen LogP contribution in [0.25, 0.3) is 0 Å². The number of hydrogen-bond acceptors (Lipinski definition) is 2. The minimum Gasteiger partial charge on any atom is -0.294 e. The molecule has 104 valence electrons. The molecule has 0 fully saturated rings. The first-order chi connectivity index (χ1) is 9.45. The predicted octanol–water partition coefficient (Wildman–Crippen LogP) is 5.56. The maximum absolute atomic E-state index is 11.7. The lowest BCUT2D eigenvalue weighted by Crippen LogP contribution is -1.95. The third kappa shape index (κ3) is 3.97. The Kier molecular flexibility index (Phi) is 5.06. The maximum atomic E-state index is 11.7. The van der Waals surface area contributed by atoms with Crippen LogP contribution < -0.4 is 0 Å². The van der Waals surface area contributed by atoms with Crippen molar-refractivity contribution in [3.63, 3.8) is 0 Å². The van der Waals surface area contributed by atoms with E-state index in [1.54, 1.807) is 18.7 Å². The summed E-state index contributed by atoms with van der Waals surface area (Å²) in [5.74, 6) is 0.986. The van der Waals surface area contributed by atoms with E-state index in [4.69, 9.17) is 0 Å². The molecule has 0 saturated carbocycles. The molecule has 20 heavy (non-hydrogen) atoms. The van der Waals surface area contributed by atoms with Gasteiger partial charge in [0.05, 0.1) is 0 Å². The summed E-state index contributed by atoms with van der Waals surface area (Å²) in [6.45, 7) is 5.84. The number of halogens is 1. The third-order valence-corrected chi connectivity index (χ3v) is 4.62. The van der Waals surface area contributed by atoms with Crippen molar-refractivity contribution >= 4 is 33.5 Å². The molecule has 0 heterocycles. The summed E-state index contributed by atoms with van der Waals surface area (Å²) in [5, 5.41) is 0. The van der Waals surface area contributed by atoms with Crippen molar-refractivity contribution in [1.82, 2.24) is 0 Å². The molecule has 0 unspecified atom stereocenters. The zero-order valence-corrected chi connectivity index (χ0v) is 14.3. The maximum Gasteiger partial charge on any atom is 0.160 e. The van der Waals surface area contributed by atoms with Crippen LogP contribution in [-0.2, 0) is 5.75 Å². The van der Waals surface area contributed by atoms with E-state index in [0.29, 0.717) is 0 Å². The smallest absolute Gasteiger partial charge is 0.160 e. The summed E-state index contributed by atoms with van der Waals surface area (Å²) in [4.78, 5) is 12.7. The van der Waals surface area contributed by atoms with Crippen molar-refractivity contribution in [3.05, 3.63) is 63.1 Å². The van der Waals surface area contributed by atoms with Gasteiger partial charge in [0.15, 0.2) is 5.78 Å². The summed E-state index contributed by atoms with van der Waals surface area (Å²) < 4.78 is 1.01. The van der Waals surface area contributed by atoms with Crippen molar-refractivity contribution in [2.45, 2.75) is 31.4 Å². The number of ketones is 1. The average Bonchev–Trinajstić information content (AvgIpc) is 2.35. The molecule has 0 N–H and O–H groups in total. The fourth-order valence-corrected chi connectivity index (χ4v) is 3.80. The van der Waals surface area contributed by atoms with E-state index >= 15 is 0 Å². The topological polar surface area (TPSA) is 17.1 Å². The lowest BCUT2D eigenvalue weighted by atomic mass is 10.1. The Hall–Kier alpha value is -1.06. The molecule has 2 aromatic rings. The second-order valence-electron chi connectivity index (χ2n) is 4.98. The summed E-state index contributed by atoms with van der Waals surface area (Å²) >= 11 is 5.18. The molecular formula is C17H17BrOS. The second-order valence-corrected chi connectivity index (χ2v) is 6.91. The number of carbonyl (C=O) groups is 1. The highest BCUT2D eigenvalue weighted by Gasteiger charge is 2.09. The summed E-state index contributed by atoms with van der Waals surface area (Å²) in [6.07, 6.45) is 0. The largest absolute Gasteiger partial charge is 0.294 e. The van der Waals surface area contributed by atoms with Crippen molar-refractivity contribution in [2.24, 2.45) is 0 Å². The molecule has 2 rings (SSSR count). The molecular weight excluding hydrogens is 332 g/mol. The van der Waals surface area contributed by atoms with E-state index < -0.39 is 0 Å². The van der Waals surface area contributed by atoms with E-state index in [0.717, 1.165) is 20.7 Å². The van der Waals surface area contributed by atoms with Gasteiger partial charge >= 0.3 is 0 Å². The van der Waals surface area contributed by atoms with Crippen LogP contribution in [0.5, 0.6) is 0 Å². The number of Topliss-reactive ketones (excluding diaryl/α,β-unsaturated/α-hetero) is 1. The van der Waals surface area contributed by atoms with E-state index in [1.807, 2.05) is 18.2 Å². The minimum atomic E-state index is 0.112. The summed E-state index contributed by atoms with van der Waals surface area (Å²) in [5.41, 5.74) is 4.65. The lowest BCUT2D eigenvalue weighted by Gasteiger charge is -2.09. The molecule has 3 heteroatoms. The van der Waals surface area contributed by atoms with Gasteiger partial charge in [-0.3, -0.25) is 4.79 Å². The van der Waals surface area contributed by atoms with Crippen molar-refractivity contribution in [3.8, 4) is 0 Å². The van der Waals surface area contributed by atoms with E-state index in [9.17, 15) is 4.79 Å². The van der Waals surface area contributed by atoms with Gasteiger partial charge in [-0.15, -0.1) is 11.8 Å². The van der Waals surface area contributed by atoms with Crippen LogP contribution in [0.4, 0.5) is 0 Å². The van der Waals surface area contributed by atoms with E-state index in [2.05, 4.69) is 48.0 Å². The molecule has 0 aromatic heterocycles. The first kappa shape index (κ1) is 15.3. The zero-order chi connectivity index (χ0) is 14.7. The van der Waals surface area contributed by atoms with Crippen LogP contribution in [0, 0.1) is 13.8 Å². The number of carbonyl (C=O) groups excluding carboxylic acids is 1. The van der Waals surface area contributed by atoms with Gasteiger partial charge in [0.25, 0.3) is 0 Å². The molecule has 0 amide bonds. The van der Waals surface area contributed by atoms with Gasteiger partial charge in [0, 0.05) is 20.7 Å². The lowest BCUT2D eigenvalue weighted by molar-refractivity contribution is 0.101. The summed E-state index contributed by atoms with van der Waals surface area (Å²) in [7, 11) is 0. The first-order valence-corrected chi connectivity index (χ1v) is 8.24. The molecule has 2 aromatic carbocycles. The molecule has 0 atom stereocenters. The third-order valence-electron chi connectivity index (χ3n) is 3.00. The van der Waals surface area contributed by atoms with Gasteiger partial charge < -0.3 is 0 Å². The highest BCUT2D eigenvalue weighted by Crippen LogP contribution is 2.30. The van der Waals surface area contributed by atoms with Gasteiger partial charge in [-0.25, -0.2) is 0 Å². The SMILES string of the molecule is CC(=O)c1ccc(Br)cc1SCc1cc(C)cc(C)c1. The standard InChI is InChI=1S/C17H17BrOS/c1-11-6-12(2)8-14(7-11)10-20-17-9-15(18)4-5-16(17)13(3)19/h4-9H,10H2,1-3H3. The fourth-order valence-electron chi connectivity index (χ4n) is 2.22. The quantitative estimate of drug-likeness (QED) is 0.531. The van der Waals surface area contributed by atoms with E-state index in [1.165, 1.54) is 16.7 Å². The molecule has 0 saturated heterocycles. The summed E-state index contributed by atoms with van der Waals surface area (Å²) in [6, 6.07) is 12.4. The Balaban J connectivity index is 2.22. The Morgan fingerprint density at radius 3 is 2.35 bits per heavy atom. The highest BCUT2D eigenvalue weighted by atomic mass is 79.9. The van der Waals surface area contributed by atoms with Gasteiger partial charge in [-0.2, -0.15) is 0 Å². The first-order valence-electron chi connectivity index (χ1n) is 6.46. The normalized spacial score (nSPS) is 10.6. The molecule has 0 bridgehead atoms. The Morgan fingerprint density at radius 1 is 1.10 bits per heavy atom. The van der Waals surface area contributed by atoms with Crippen LogP contribution in [0.1, 0.15) is 34.0 Å². The van der Waals surface area contributed by atoms with Crippen molar-refractivity contribution in [1.29, 1.82) is 0 Å². The Bertz CT molecular complexity index is 629. The van der Waals surface area contributed by atoms with Crippen molar-refractivity contribution < 1.29 is 4.79 Å². The average molecular weight is 349 g/mol. The fraction of sp³-hybridized carbons (Fsp3) is 0.235. The van der Waals surface area contributed by atoms with Crippen LogP contribution in [0.15, 0.2) is 45.8 Å². The zero-order valence-electron chi connectivity index (χ0n) is 11.9. The minimum absolute atomic E-state index is 0.112. The number of thioether (sulfide) groups is 1. The van der Waals surface area contributed by atoms with Crippen LogP contribution >= 0.6 is 27.7 Å². The van der Waals surface area contributed by atoms with Crippen LogP contribution in [0.3, 0.4) is 0 Å². The molecule has 0 spiro atoms. The number of benzene rings is 2. The molecule has 0 aliphatic rings. The van der Waals surface area contributed by atoms with Crippen molar-refractivity contribution in [2.75, 3.05) is 0 Å². The monoisotopic (exact) mass is 348 g/mol. The highest BCUT2D eigenvalue weighted by molar-refractivity contribution is 9.10.